The van der Waals surface area contributed by atoms with Gasteiger partial charge in [0.25, 0.3) is 5.91 Å². The number of halogens is 1. The minimum atomic E-state index is -0.633. The summed E-state index contributed by atoms with van der Waals surface area (Å²) in [5.41, 5.74) is 3.31. The maximum Gasteiger partial charge on any atom is 0.255 e. The first-order valence-corrected chi connectivity index (χ1v) is 9.63. The predicted molar refractivity (Wildman–Crippen MR) is 103 cm³/mol. The van der Waals surface area contributed by atoms with E-state index in [4.69, 9.17) is 16.3 Å². The van der Waals surface area contributed by atoms with Crippen molar-refractivity contribution in [3.05, 3.63) is 64.7 Å². The normalized spacial score (nSPS) is 18.8. The number of hydrogen-bond acceptors (Lipinski definition) is 4. The van der Waals surface area contributed by atoms with Crippen molar-refractivity contribution in [2.75, 3.05) is 0 Å². The largest absolute Gasteiger partial charge is 0.489 e. The Kier molecular flexibility index (Phi) is 5.05. The van der Waals surface area contributed by atoms with E-state index in [1.807, 2.05) is 30.3 Å². The number of imide groups is 1. The van der Waals surface area contributed by atoms with Crippen molar-refractivity contribution in [1.29, 1.82) is 0 Å². The van der Waals surface area contributed by atoms with Crippen LogP contribution >= 0.6 is 11.6 Å². The molecule has 1 atom stereocenters. The minimum absolute atomic E-state index is 0.209. The van der Waals surface area contributed by atoms with Crippen molar-refractivity contribution in [2.24, 2.45) is 0 Å². The van der Waals surface area contributed by atoms with Crippen molar-refractivity contribution in [1.82, 2.24) is 10.2 Å². The summed E-state index contributed by atoms with van der Waals surface area (Å²) in [5, 5.41) is 2.31. The maximum absolute atomic E-state index is 12.8. The van der Waals surface area contributed by atoms with Crippen molar-refractivity contribution >= 4 is 29.3 Å². The van der Waals surface area contributed by atoms with Gasteiger partial charge in [-0.25, -0.2) is 0 Å². The molecule has 1 saturated heterocycles. The summed E-state index contributed by atoms with van der Waals surface area (Å²) < 4.78 is 5.99. The molecule has 0 aromatic heterocycles. The van der Waals surface area contributed by atoms with Gasteiger partial charge in [0.2, 0.25) is 11.8 Å². The van der Waals surface area contributed by atoms with E-state index >= 15 is 0 Å². The number of alkyl halides is 1. The molecule has 2 aromatic rings. The Morgan fingerprint density at radius 1 is 1.11 bits per heavy atom. The first-order chi connectivity index (χ1) is 13.6. The number of ether oxygens (including phenoxy) is 1. The van der Waals surface area contributed by atoms with Crippen molar-refractivity contribution < 1.29 is 19.1 Å². The van der Waals surface area contributed by atoms with Crippen LogP contribution < -0.4 is 10.1 Å². The molecule has 2 aliphatic rings. The highest BCUT2D eigenvalue weighted by Gasteiger charge is 2.40. The maximum atomic E-state index is 12.8. The number of carbonyl (C=O) groups excluding carboxylic acids is 3. The summed E-state index contributed by atoms with van der Waals surface area (Å²) in [6.45, 7) is 0.645. The van der Waals surface area contributed by atoms with E-state index in [2.05, 4.69) is 5.32 Å². The first-order valence-electron chi connectivity index (χ1n) is 9.10. The number of amides is 3. The molecule has 0 radical (unpaired) electrons. The van der Waals surface area contributed by atoms with Gasteiger partial charge < -0.3 is 9.64 Å². The van der Waals surface area contributed by atoms with E-state index in [-0.39, 0.29) is 18.2 Å². The van der Waals surface area contributed by atoms with Crippen LogP contribution in [-0.4, -0.2) is 28.7 Å². The van der Waals surface area contributed by atoms with Crippen molar-refractivity contribution in [2.45, 2.75) is 37.9 Å². The average molecular weight is 399 g/mol. The molecule has 1 unspecified atom stereocenters. The molecule has 6 nitrogen and oxygen atoms in total. The highest BCUT2D eigenvalue weighted by molar-refractivity contribution is 6.17. The third-order valence-electron chi connectivity index (χ3n) is 5.08. The zero-order valence-corrected chi connectivity index (χ0v) is 15.9. The molecule has 4 rings (SSSR count). The zero-order chi connectivity index (χ0) is 19.7. The van der Waals surface area contributed by atoms with Crippen LogP contribution in [-0.2, 0) is 28.6 Å². The molecule has 2 heterocycles. The number of fused-ring (bicyclic) bond motifs is 1. The molecule has 1 N–H and O–H groups in total. The Bertz CT molecular complexity index is 959. The molecule has 7 heteroatoms. The summed E-state index contributed by atoms with van der Waals surface area (Å²) in [7, 11) is 0. The summed E-state index contributed by atoms with van der Waals surface area (Å²) in [6, 6.07) is 12.5. The standard InChI is InChI=1S/C21H19ClN2O4/c22-10-13-3-1-4-14(9-13)12-28-18-6-2-5-15-16(18)11-24(21(15)27)17-7-8-19(25)23-20(17)26/h1-6,9,17H,7-8,10-12H2,(H,23,25,26). The van der Waals surface area contributed by atoms with Crippen LogP contribution in [0.25, 0.3) is 0 Å². The fraction of sp³-hybridized carbons (Fsp3) is 0.286. The van der Waals surface area contributed by atoms with Gasteiger partial charge in [0.15, 0.2) is 0 Å². The van der Waals surface area contributed by atoms with Gasteiger partial charge in [-0.05, 0) is 29.7 Å². The van der Waals surface area contributed by atoms with E-state index in [9.17, 15) is 14.4 Å². The Labute approximate surface area is 167 Å². The van der Waals surface area contributed by atoms with Gasteiger partial charge in [-0.2, -0.15) is 0 Å². The van der Waals surface area contributed by atoms with Gasteiger partial charge in [0, 0.05) is 23.4 Å². The van der Waals surface area contributed by atoms with Crippen molar-refractivity contribution in [3.8, 4) is 5.75 Å². The lowest BCUT2D eigenvalue weighted by Crippen LogP contribution is -2.52. The topological polar surface area (TPSA) is 75.7 Å². The van der Waals surface area contributed by atoms with Crippen LogP contribution in [0.3, 0.4) is 0 Å². The fourth-order valence-corrected chi connectivity index (χ4v) is 3.82. The molecule has 0 aliphatic carbocycles. The molecular formula is C21H19ClN2O4. The summed E-state index contributed by atoms with van der Waals surface area (Å²) >= 11 is 5.88. The Balaban J connectivity index is 1.52. The third kappa shape index (κ3) is 3.47. The monoisotopic (exact) mass is 398 g/mol. The van der Waals surface area contributed by atoms with Gasteiger partial charge in [0.05, 0.1) is 6.54 Å². The van der Waals surface area contributed by atoms with Gasteiger partial charge in [-0.3, -0.25) is 19.7 Å². The number of nitrogens with zero attached hydrogens (tertiary/aromatic N) is 1. The lowest BCUT2D eigenvalue weighted by molar-refractivity contribution is -0.136. The quantitative estimate of drug-likeness (QED) is 0.620. The van der Waals surface area contributed by atoms with Crippen LogP contribution in [0.2, 0.25) is 0 Å². The van der Waals surface area contributed by atoms with E-state index in [1.165, 1.54) is 4.90 Å². The first kappa shape index (κ1) is 18.5. The van der Waals surface area contributed by atoms with E-state index in [0.717, 1.165) is 16.7 Å². The minimum Gasteiger partial charge on any atom is -0.489 e. The van der Waals surface area contributed by atoms with Crippen LogP contribution in [0.5, 0.6) is 5.75 Å². The molecule has 144 valence electrons. The number of nitrogens with one attached hydrogen (secondary N) is 1. The second-order valence-electron chi connectivity index (χ2n) is 6.92. The molecule has 2 aliphatic heterocycles. The molecule has 0 spiro atoms. The summed E-state index contributed by atoms with van der Waals surface area (Å²) in [6.07, 6.45) is 0.572. The predicted octanol–water partition coefficient (Wildman–Crippen LogP) is 2.77. The molecule has 0 saturated carbocycles. The molecule has 2 aromatic carbocycles. The Morgan fingerprint density at radius 2 is 1.89 bits per heavy atom. The van der Waals surface area contributed by atoms with Crippen LogP contribution in [0, 0.1) is 0 Å². The lowest BCUT2D eigenvalue weighted by atomic mass is 10.0. The van der Waals surface area contributed by atoms with Gasteiger partial charge in [0.1, 0.15) is 18.4 Å². The summed E-state index contributed by atoms with van der Waals surface area (Å²) in [5.74, 6) is 0.131. The Hall–Kier alpha value is -2.86. The van der Waals surface area contributed by atoms with E-state index in [0.29, 0.717) is 36.8 Å². The summed E-state index contributed by atoms with van der Waals surface area (Å²) in [4.78, 5) is 37.9. The SMILES string of the molecule is O=C1CCC(N2Cc3c(OCc4cccc(CCl)c4)cccc3C2=O)C(=O)N1. The average Bonchev–Trinajstić information content (AvgIpc) is 3.04. The van der Waals surface area contributed by atoms with E-state index < -0.39 is 11.9 Å². The van der Waals surface area contributed by atoms with E-state index in [1.54, 1.807) is 12.1 Å². The molecular weight excluding hydrogens is 380 g/mol. The second kappa shape index (κ2) is 7.64. The number of benzene rings is 2. The van der Waals surface area contributed by atoms with Gasteiger partial charge in [-0.15, -0.1) is 11.6 Å². The number of piperidine rings is 1. The molecule has 1 fully saturated rings. The molecule has 0 bridgehead atoms. The van der Waals surface area contributed by atoms with Gasteiger partial charge >= 0.3 is 0 Å². The fourth-order valence-electron chi connectivity index (χ4n) is 3.66. The van der Waals surface area contributed by atoms with Crippen LogP contribution in [0.15, 0.2) is 42.5 Å². The number of rotatable bonds is 5. The second-order valence-corrected chi connectivity index (χ2v) is 7.19. The highest BCUT2D eigenvalue weighted by atomic mass is 35.5. The smallest absolute Gasteiger partial charge is 0.255 e. The van der Waals surface area contributed by atoms with Gasteiger partial charge in [-0.1, -0.05) is 30.3 Å². The third-order valence-corrected chi connectivity index (χ3v) is 5.39. The highest BCUT2D eigenvalue weighted by Crippen LogP contribution is 2.33. The molecule has 28 heavy (non-hydrogen) atoms. The van der Waals surface area contributed by atoms with Crippen molar-refractivity contribution in [3.63, 3.8) is 0 Å². The van der Waals surface area contributed by atoms with Crippen LogP contribution in [0.4, 0.5) is 0 Å². The number of hydrogen-bond donors (Lipinski definition) is 1. The lowest BCUT2D eigenvalue weighted by Gasteiger charge is -2.29. The van der Waals surface area contributed by atoms with Crippen LogP contribution in [0.1, 0.15) is 39.9 Å². The Morgan fingerprint density at radius 3 is 2.68 bits per heavy atom. The number of carbonyl (C=O) groups is 3. The molecule has 3 amide bonds. The zero-order valence-electron chi connectivity index (χ0n) is 15.1.